The van der Waals surface area contributed by atoms with Gasteiger partial charge < -0.3 is 15.2 Å². The first kappa shape index (κ1) is 15.0. The number of carboxylic acid groups (broad SMARTS) is 1. The number of aliphatic carboxylic acids is 1. The number of ether oxygens (including phenoxy) is 1. The highest BCUT2D eigenvalue weighted by molar-refractivity contribution is 7.07. The van der Waals surface area contributed by atoms with Crippen LogP contribution in [-0.4, -0.2) is 35.1 Å². The van der Waals surface area contributed by atoms with E-state index in [0.717, 1.165) is 11.3 Å². The number of thiazole rings is 1. The molecule has 2 N–H and O–H groups in total. The lowest BCUT2D eigenvalue weighted by atomic mass is 10.2. The molecule has 0 fully saturated rings. The molecule has 0 radical (unpaired) electrons. The number of carbonyl (C=O) groups excluding carboxylic acids is 1. The molecule has 0 bridgehead atoms. The van der Waals surface area contributed by atoms with Gasteiger partial charge in [-0.25, -0.2) is 4.98 Å². The Morgan fingerprint density at radius 2 is 2.24 bits per heavy atom. The third-order valence-electron chi connectivity index (χ3n) is 2.59. The number of carboxylic acids is 1. The van der Waals surface area contributed by atoms with Gasteiger partial charge in [-0.3, -0.25) is 9.59 Å². The second-order valence-electron chi connectivity index (χ2n) is 4.18. The predicted octanol–water partition coefficient (Wildman–Crippen LogP) is 1.78. The van der Waals surface area contributed by atoms with Gasteiger partial charge in [0.1, 0.15) is 5.75 Å². The van der Waals surface area contributed by atoms with E-state index in [0.29, 0.717) is 5.75 Å². The number of amides is 1. The number of hydrogen-bond donors (Lipinski definition) is 2. The maximum absolute atomic E-state index is 11.5. The number of hydrogen-bond acceptors (Lipinski definition) is 5. The molecule has 2 aromatic rings. The van der Waals surface area contributed by atoms with Crippen molar-refractivity contribution >= 4 is 23.2 Å². The maximum atomic E-state index is 11.5. The van der Waals surface area contributed by atoms with Crippen LogP contribution in [0, 0.1) is 0 Å². The molecular weight excluding hydrogens is 292 g/mol. The molecule has 0 aliphatic heterocycles. The normalized spacial score (nSPS) is 10.1. The minimum atomic E-state index is -0.952. The highest BCUT2D eigenvalue weighted by Gasteiger charge is 2.05. The average Bonchev–Trinajstić information content (AvgIpc) is 2.99. The quantitative estimate of drug-likeness (QED) is 0.814. The molecule has 0 aliphatic carbocycles. The number of rotatable bonds is 7. The molecule has 0 spiro atoms. The second-order valence-corrected chi connectivity index (χ2v) is 4.90. The number of carbonyl (C=O) groups is 2. The average molecular weight is 306 g/mol. The van der Waals surface area contributed by atoms with E-state index in [1.54, 1.807) is 17.6 Å². The minimum Gasteiger partial charge on any atom is -0.484 e. The van der Waals surface area contributed by atoms with E-state index < -0.39 is 5.97 Å². The van der Waals surface area contributed by atoms with E-state index in [-0.39, 0.29) is 25.5 Å². The number of aromatic nitrogens is 1. The fourth-order valence-electron chi connectivity index (χ4n) is 1.61. The first-order valence-corrected chi connectivity index (χ1v) is 7.19. The van der Waals surface area contributed by atoms with Crippen LogP contribution in [0.1, 0.15) is 6.42 Å². The summed E-state index contributed by atoms with van der Waals surface area (Å²) in [5, 5.41) is 12.9. The molecule has 1 amide bonds. The highest BCUT2D eigenvalue weighted by Crippen LogP contribution is 2.23. The molecule has 7 heteroatoms. The van der Waals surface area contributed by atoms with Crippen molar-refractivity contribution in [1.82, 2.24) is 10.3 Å². The molecule has 6 nitrogen and oxygen atoms in total. The van der Waals surface area contributed by atoms with Crippen molar-refractivity contribution in [3.05, 3.63) is 35.2 Å². The van der Waals surface area contributed by atoms with Crippen LogP contribution in [-0.2, 0) is 9.59 Å². The second kappa shape index (κ2) is 7.39. The number of nitrogens with one attached hydrogen (secondary N) is 1. The summed E-state index contributed by atoms with van der Waals surface area (Å²) in [7, 11) is 0. The molecule has 0 aliphatic rings. The van der Waals surface area contributed by atoms with E-state index in [1.165, 1.54) is 11.3 Å². The van der Waals surface area contributed by atoms with Crippen molar-refractivity contribution in [2.75, 3.05) is 13.2 Å². The monoisotopic (exact) mass is 306 g/mol. The van der Waals surface area contributed by atoms with E-state index in [1.807, 2.05) is 17.5 Å². The molecule has 1 aromatic heterocycles. The lowest BCUT2D eigenvalue weighted by molar-refractivity contribution is -0.137. The summed E-state index contributed by atoms with van der Waals surface area (Å²) in [6.07, 6.45) is -0.106. The van der Waals surface area contributed by atoms with Gasteiger partial charge in [0.25, 0.3) is 5.91 Å². The smallest absolute Gasteiger partial charge is 0.305 e. The summed E-state index contributed by atoms with van der Waals surface area (Å²) < 4.78 is 5.38. The summed E-state index contributed by atoms with van der Waals surface area (Å²) >= 11 is 1.51. The van der Waals surface area contributed by atoms with E-state index >= 15 is 0 Å². The van der Waals surface area contributed by atoms with Gasteiger partial charge in [-0.15, -0.1) is 11.3 Å². The van der Waals surface area contributed by atoms with Gasteiger partial charge in [-0.05, 0) is 12.1 Å². The highest BCUT2D eigenvalue weighted by atomic mass is 32.1. The molecule has 2 rings (SSSR count). The Labute approximate surface area is 125 Å². The van der Waals surface area contributed by atoms with Crippen LogP contribution in [0.4, 0.5) is 0 Å². The first-order valence-electron chi connectivity index (χ1n) is 6.25. The van der Waals surface area contributed by atoms with Gasteiger partial charge in [0.05, 0.1) is 17.6 Å². The fraction of sp³-hybridized carbons (Fsp3) is 0.214. The van der Waals surface area contributed by atoms with Crippen LogP contribution in [0.3, 0.4) is 0 Å². The fourth-order valence-corrected chi connectivity index (χ4v) is 2.17. The molecule has 1 aromatic carbocycles. The molecule has 1 heterocycles. The summed E-state index contributed by atoms with van der Waals surface area (Å²) in [6.45, 7) is -0.0590. The largest absolute Gasteiger partial charge is 0.484 e. The van der Waals surface area contributed by atoms with Gasteiger partial charge in [0.15, 0.2) is 6.61 Å². The number of benzene rings is 1. The summed E-state index contributed by atoms with van der Waals surface area (Å²) in [5.74, 6) is -0.739. The van der Waals surface area contributed by atoms with Crippen molar-refractivity contribution in [1.29, 1.82) is 0 Å². The van der Waals surface area contributed by atoms with E-state index in [2.05, 4.69) is 10.3 Å². The van der Waals surface area contributed by atoms with Crippen molar-refractivity contribution in [3.63, 3.8) is 0 Å². The van der Waals surface area contributed by atoms with Crippen LogP contribution < -0.4 is 10.1 Å². The Balaban J connectivity index is 1.85. The molecule has 110 valence electrons. The summed E-state index contributed by atoms with van der Waals surface area (Å²) in [4.78, 5) is 26.0. The topological polar surface area (TPSA) is 88.5 Å². The Bertz CT molecular complexity index is 613. The van der Waals surface area contributed by atoms with Crippen molar-refractivity contribution < 1.29 is 19.4 Å². The van der Waals surface area contributed by atoms with Crippen molar-refractivity contribution in [2.24, 2.45) is 0 Å². The van der Waals surface area contributed by atoms with Gasteiger partial charge in [-0.2, -0.15) is 0 Å². The maximum Gasteiger partial charge on any atom is 0.305 e. The van der Waals surface area contributed by atoms with Crippen LogP contribution in [0.2, 0.25) is 0 Å². The minimum absolute atomic E-state index is 0.0936. The van der Waals surface area contributed by atoms with Gasteiger partial charge in [0.2, 0.25) is 0 Å². The molecule has 0 atom stereocenters. The molecule has 0 unspecified atom stereocenters. The summed E-state index contributed by atoms with van der Waals surface area (Å²) in [5.41, 5.74) is 3.52. The summed E-state index contributed by atoms with van der Waals surface area (Å²) in [6, 6.07) is 7.29. The lowest BCUT2D eigenvalue weighted by Gasteiger charge is -2.07. The third kappa shape index (κ3) is 4.88. The molecular formula is C14H14N2O4S. The standard InChI is InChI=1S/C14H14N2O4S/c17-13(15-5-4-14(18)19)7-20-11-3-1-2-10(6-11)12-8-21-9-16-12/h1-3,6,8-9H,4-5,7H2,(H,15,17)(H,18,19). The van der Waals surface area contributed by atoms with Gasteiger partial charge >= 0.3 is 5.97 Å². The van der Waals surface area contributed by atoms with Crippen LogP contribution in [0.15, 0.2) is 35.2 Å². The Kier molecular flexibility index (Phi) is 5.28. The van der Waals surface area contributed by atoms with Crippen LogP contribution in [0.25, 0.3) is 11.3 Å². The molecule has 0 saturated carbocycles. The van der Waals surface area contributed by atoms with E-state index in [4.69, 9.17) is 9.84 Å². The van der Waals surface area contributed by atoms with Crippen LogP contribution >= 0.6 is 11.3 Å². The van der Waals surface area contributed by atoms with Crippen LogP contribution in [0.5, 0.6) is 5.75 Å². The van der Waals surface area contributed by atoms with E-state index in [9.17, 15) is 9.59 Å². The van der Waals surface area contributed by atoms with Crippen molar-refractivity contribution in [3.8, 4) is 17.0 Å². The zero-order chi connectivity index (χ0) is 15.1. The zero-order valence-corrected chi connectivity index (χ0v) is 11.9. The van der Waals surface area contributed by atoms with Gasteiger partial charge in [0, 0.05) is 17.5 Å². The SMILES string of the molecule is O=C(O)CCNC(=O)COc1cccc(-c2cscn2)c1. The molecule has 21 heavy (non-hydrogen) atoms. The predicted molar refractivity (Wildman–Crippen MR) is 78.3 cm³/mol. The Morgan fingerprint density at radius 1 is 1.38 bits per heavy atom. The molecule has 0 saturated heterocycles. The zero-order valence-electron chi connectivity index (χ0n) is 11.1. The van der Waals surface area contributed by atoms with Gasteiger partial charge in [-0.1, -0.05) is 12.1 Å². The Morgan fingerprint density at radius 3 is 2.95 bits per heavy atom. The Hall–Kier alpha value is -2.41. The number of nitrogens with zero attached hydrogens (tertiary/aromatic N) is 1. The third-order valence-corrected chi connectivity index (χ3v) is 3.18. The first-order chi connectivity index (χ1) is 10.1. The lowest BCUT2D eigenvalue weighted by Crippen LogP contribution is -2.30. The van der Waals surface area contributed by atoms with Crippen molar-refractivity contribution in [2.45, 2.75) is 6.42 Å².